The van der Waals surface area contributed by atoms with E-state index < -0.39 is 0 Å². The summed E-state index contributed by atoms with van der Waals surface area (Å²) in [4.78, 5) is 11.9. The summed E-state index contributed by atoms with van der Waals surface area (Å²) in [6.45, 7) is 5.81. The number of phenolic OH excluding ortho intramolecular Hbond substituents is 1. The van der Waals surface area contributed by atoms with Crippen molar-refractivity contribution in [3.8, 4) is 11.5 Å². The second-order valence-corrected chi connectivity index (χ2v) is 5.48. The van der Waals surface area contributed by atoms with Crippen molar-refractivity contribution < 1.29 is 14.6 Å². The number of rotatable bonds is 6. The Balaban J connectivity index is 1.95. The SMILES string of the molecule is CC/C(=N\NC(=O)COc1cccc(C)c1C)c1ccc(O)cc1. The van der Waals surface area contributed by atoms with Crippen LogP contribution in [0.4, 0.5) is 0 Å². The molecule has 1 amide bonds. The molecule has 2 rings (SSSR count). The molecule has 0 heterocycles. The van der Waals surface area contributed by atoms with Crippen LogP contribution in [0.3, 0.4) is 0 Å². The standard InChI is InChI=1S/C19H22N2O3/c1-4-17(15-8-10-16(22)11-9-15)20-21-19(23)12-24-18-7-5-6-13(2)14(18)3/h5-11,22H,4,12H2,1-3H3,(H,21,23)/b20-17+. The van der Waals surface area contributed by atoms with Crippen LogP contribution >= 0.6 is 0 Å². The number of nitrogens with zero attached hydrogens (tertiary/aromatic N) is 1. The Labute approximate surface area is 142 Å². The smallest absolute Gasteiger partial charge is 0.277 e. The maximum atomic E-state index is 11.9. The first-order valence-electron chi connectivity index (χ1n) is 7.85. The molecule has 5 nitrogen and oxygen atoms in total. The zero-order valence-electron chi connectivity index (χ0n) is 14.2. The highest BCUT2D eigenvalue weighted by molar-refractivity contribution is 6.01. The summed E-state index contributed by atoms with van der Waals surface area (Å²) in [6, 6.07) is 12.4. The minimum Gasteiger partial charge on any atom is -0.508 e. The lowest BCUT2D eigenvalue weighted by molar-refractivity contribution is -0.123. The van der Waals surface area contributed by atoms with Crippen LogP contribution in [0.25, 0.3) is 0 Å². The summed E-state index contributed by atoms with van der Waals surface area (Å²) in [6.07, 6.45) is 0.656. The highest BCUT2D eigenvalue weighted by Crippen LogP contribution is 2.20. The molecule has 0 aromatic heterocycles. The molecule has 5 heteroatoms. The quantitative estimate of drug-likeness (QED) is 0.632. The predicted octanol–water partition coefficient (Wildman–Crippen LogP) is 3.32. The predicted molar refractivity (Wildman–Crippen MR) is 94.5 cm³/mol. The van der Waals surface area contributed by atoms with E-state index in [2.05, 4.69) is 10.5 Å². The third kappa shape index (κ3) is 4.59. The molecule has 2 aromatic carbocycles. The fraction of sp³-hybridized carbons (Fsp3) is 0.263. The summed E-state index contributed by atoms with van der Waals surface area (Å²) in [5, 5.41) is 13.5. The van der Waals surface area contributed by atoms with Crippen LogP contribution in [0, 0.1) is 13.8 Å². The number of carbonyl (C=O) groups excluding carboxylic acids is 1. The molecule has 126 valence electrons. The third-order valence-corrected chi connectivity index (χ3v) is 3.76. The molecule has 0 fully saturated rings. The molecule has 2 N–H and O–H groups in total. The van der Waals surface area contributed by atoms with E-state index in [4.69, 9.17) is 4.74 Å². The zero-order valence-corrected chi connectivity index (χ0v) is 14.2. The normalized spacial score (nSPS) is 11.2. The Morgan fingerprint density at radius 1 is 1.17 bits per heavy atom. The fourth-order valence-corrected chi connectivity index (χ4v) is 2.19. The van der Waals surface area contributed by atoms with Crippen molar-refractivity contribution in [2.45, 2.75) is 27.2 Å². The van der Waals surface area contributed by atoms with Crippen LogP contribution in [-0.2, 0) is 4.79 Å². The highest BCUT2D eigenvalue weighted by atomic mass is 16.5. The van der Waals surface area contributed by atoms with Gasteiger partial charge in [0.25, 0.3) is 5.91 Å². The minimum atomic E-state index is -0.319. The number of benzene rings is 2. The number of nitrogens with one attached hydrogen (secondary N) is 1. The van der Waals surface area contributed by atoms with Crippen LogP contribution in [0.2, 0.25) is 0 Å². The van der Waals surface area contributed by atoms with E-state index in [0.29, 0.717) is 12.2 Å². The number of hydrogen-bond acceptors (Lipinski definition) is 4. The lowest BCUT2D eigenvalue weighted by Gasteiger charge is -2.10. The molecule has 0 saturated heterocycles. The summed E-state index contributed by atoms with van der Waals surface area (Å²) in [5.74, 6) is 0.573. The van der Waals surface area contributed by atoms with Gasteiger partial charge in [-0.15, -0.1) is 0 Å². The van der Waals surface area contributed by atoms with Gasteiger partial charge in [-0.25, -0.2) is 5.43 Å². The molecule has 0 aliphatic rings. The van der Waals surface area contributed by atoms with Crippen molar-refractivity contribution in [3.63, 3.8) is 0 Å². The summed E-state index contributed by atoms with van der Waals surface area (Å²) in [5.41, 5.74) is 6.23. The van der Waals surface area contributed by atoms with Crippen molar-refractivity contribution in [1.82, 2.24) is 5.43 Å². The monoisotopic (exact) mass is 326 g/mol. The van der Waals surface area contributed by atoms with Gasteiger partial charge in [0.2, 0.25) is 0 Å². The van der Waals surface area contributed by atoms with E-state index in [1.54, 1.807) is 24.3 Å². The first-order valence-corrected chi connectivity index (χ1v) is 7.85. The van der Waals surface area contributed by atoms with Crippen LogP contribution in [0.15, 0.2) is 47.6 Å². The lowest BCUT2D eigenvalue weighted by atomic mass is 10.1. The minimum absolute atomic E-state index is 0.0969. The molecule has 0 aliphatic heterocycles. The van der Waals surface area contributed by atoms with E-state index in [0.717, 1.165) is 22.4 Å². The van der Waals surface area contributed by atoms with E-state index >= 15 is 0 Å². The molecule has 0 aliphatic carbocycles. The van der Waals surface area contributed by atoms with Crippen LogP contribution in [-0.4, -0.2) is 23.3 Å². The number of aryl methyl sites for hydroxylation is 1. The third-order valence-electron chi connectivity index (χ3n) is 3.76. The van der Waals surface area contributed by atoms with Gasteiger partial charge in [-0.05, 0) is 67.3 Å². The van der Waals surface area contributed by atoms with Crippen molar-refractivity contribution in [2.75, 3.05) is 6.61 Å². The number of aromatic hydroxyl groups is 1. The van der Waals surface area contributed by atoms with E-state index in [1.165, 1.54) is 0 Å². The molecule has 0 atom stereocenters. The molecule has 0 saturated carbocycles. The van der Waals surface area contributed by atoms with Crippen LogP contribution in [0.5, 0.6) is 11.5 Å². The molecule has 0 radical (unpaired) electrons. The molecule has 2 aromatic rings. The van der Waals surface area contributed by atoms with Crippen molar-refractivity contribution in [2.24, 2.45) is 5.10 Å². The second-order valence-electron chi connectivity index (χ2n) is 5.48. The number of amides is 1. The van der Waals surface area contributed by atoms with Gasteiger partial charge in [-0.2, -0.15) is 5.10 Å². The molecule has 0 spiro atoms. The maximum absolute atomic E-state index is 11.9. The van der Waals surface area contributed by atoms with Gasteiger partial charge < -0.3 is 9.84 Å². The highest BCUT2D eigenvalue weighted by Gasteiger charge is 2.07. The van der Waals surface area contributed by atoms with Gasteiger partial charge in [0.05, 0.1) is 5.71 Å². The first-order chi connectivity index (χ1) is 11.5. The maximum Gasteiger partial charge on any atom is 0.277 e. The molecular formula is C19H22N2O3. The van der Waals surface area contributed by atoms with Gasteiger partial charge >= 0.3 is 0 Å². The Morgan fingerprint density at radius 3 is 2.54 bits per heavy atom. The lowest BCUT2D eigenvalue weighted by Crippen LogP contribution is -2.26. The van der Waals surface area contributed by atoms with Gasteiger partial charge in [-0.1, -0.05) is 19.1 Å². The second kappa shape index (κ2) is 8.15. The van der Waals surface area contributed by atoms with Crippen LogP contribution < -0.4 is 10.2 Å². The van der Waals surface area contributed by atoms with Gasteiger partial charge in [0.1, 0.15) is 11.5 Å². The van der Waals surface area contributed by atoms with E-state index in [1.807, 2.05) is 39.0 Å². The first kappa shape index (κ1) is 17.5. The number of hydrogen-bond donors (Lipinski definition) is 2. The van der Waals surface area contributed by atoms with Gasteiger partial charge in [0, 0.05) is 0 Å². The Morgan fingerprint density at radius 2 is 1.88 bits per heavy atom. The van der Waals surface area contributed by atoms with Crippen molar-refractivity contribution >= 4 is 11.6 Å². The Bertz CT molecular complexity index is 737. The molecule has 0 bridgehead atoms. The van der Waals surface area contributed by atoms with Gasteiger partial charge in [0.15, 0.2) is 6.61 Å². The number of carbonyl (C=O) groups is 1. The summed E-state index contributed by atoms with van der Waals surface area (Å²) >= 11 is 0. The number of phenols is 1. The molecule has 0 unspecified atom stereocenters. The average Bonchev–Trinajstić information content (AvgIpc) is 2.58. The summed E-state index contributed by atoms with van der Waals surface area (Å²) < 4.78 is 5.55. The Kier molecular flexibility index (Phi) is 5.95. The zero-order chi connectivity index (χ0) is 17.5. The van der Waals surface area contributed by atoms with Gasteiger partial charge in [-0.3, -0.25) is 4.79 Å². The molecular weight excluding hydrogens is 304 g/mol. The Hall–Kier alpha value is -2.82. The van der Waals surface area contributed by atoms with Crippen molar-refractivity contribution in [3.05, 3.63) is 59.2 Å². The largest absolute Gasteiger partial charge is 0.508 e. The topological polar surface area (TPSA) is 70.9 Å². The van der Waals surface area contributed by atoms with E-state index in [9.17, 15) is 9.90 Å². The number of ether oxygens (including phenoxy) is 1. The van der Waals surface area contributed by atoms with Crippen LogP contribution in [0.1, 0.15) is 30.0 Å². The average molecular weight is 326 g/mol. The summed E-state index contributed by atoms with van der Waals surface area (Å²) in [7, 11) is 0. The molecule has 24 heavy (non-hydrogen) atoms. The number of hydrazone groups is 1. The van der Waals surface area contributed by atoms with Crippen molar-refractivity contribution in [1.29, 1.82) is 0 Å². The van der Waals surface area contributed by atoms with E-state index in [-0.39, 0.29) is 18.3 Å². The fourth-order valence-electron chi connectivity index (χ4n) is 2.19.